The molecule has 6 heteroatoms. The van der Waals surface area contributed by atoms with Gasteiger partial charge in [-0.1, -0.05) is 42.5 Å². The fraction of sp³-hybridized carbons (Fsp3) is 0.300. The van der Waals surface area contributed by atoms with Crippen molar-refractivity contribution in [3.8, 4) is 0 Å². The molecule has 1 atom stereocenters. The van der Waals surface area contributed by atoms with E-state index in [1.54, 1.807) is 0 Å². The summed E-state index contributed by atoms with van der Waals surface area (Å²) in [5.41, 5.74) is 8.24. The van der Waals surface area contributed by atoms with E-state index in [9.17, 15) is 9.90 Å². The lowest BCUT2D eigenvalue weighted by Gasteiger charge is -2.22. The molecule has 1 heterocycles. The molecule has 3 aromatic rings. The Morgan fingerprint density at radius 3 is 2.62 bits per heavy atom. The van der Waals surface area contributed by atoms with Gasteiger partial charge in [0, 0.05) is 13.1 Å². The van der Waals surface area contributed by atoms with Gasteiger partial charge < -0.3 is 15.4 Å². The van der Waals surface area contributed by atoms with E-state index in [0.29, 0.717) is 18.9 Å². The normalized spacial score (nSPS) is 12.6. The van der Waals surface area contributed by atoms with Gasteiger partial charge in [-0.15, -0.1) is 0 Å². The highest BCUT2D eigenvalue weighted by atomic mass is 16.3. The van der Waals surface area contributed by atoms with Crippen molar-refractivity contribution < 1.29 is 9.90 Å². The van der Waals surface area contributed by atoms with Gasteiger partial charge in [0.25, 0.3) is 0 Å². The summed E-state index contributed by atoms with van der Waals surface area (Å²) in [4.78, 5) is 17.9. The van der Waals surface area contributed by atoms with E-state index in [0.717, 1.165) is 17.6 Å². The molecule has 26 heavy (non-hydrogen) atoms. The number of amides is 1. The number of carbonyl (C=O) groups is 1. The minimum atomic E-state index is -0.590. The number of imidazole rings is 1. The van der Waals surface area contributed by atoms with E-state index in [1.165, 1.54) is 5.56 Å². The molecular formula is C20H24N4O2. The predicted octanol–water partition coefficient (Wildman–Crippen LogP) is 1.56. The molecule has 0 aliphatic heterocycles. The number of aliphatic hydroxyl groups excluding tert-OH is 1. The SMILES string of the molecule is CN(Cc1ccccc1)CC(O)Cn1c(CC(N)=O)nc2ccccc21. The molecule has 0 fully saturated rings. The van der Waals surface area contributed by atoms with Crippen LogP contribution in [0.1, 0.15) is 11.4 Å². The topological polar surface area (TPSA) is 84.4 Å². The fourth-order valence-corrected chi connectivity index (χ4v) is 3.21. The van der Waals surface area contributed by atoms with Gasteiger partial charge in [0.2, 0.25) is 5.91 Å². The molecule has 0 aliphatic rings. The second-order valence-electron chi connectivity index (χ2n) is 6.61. The number of para-hydroxylation sites is 2. The van der Waals surface area contributed by atoms with Crippen LogP contribution in [0.3, 0.4) is 0 Å². The first-order valence-corrected chi connectivity index (χ1v) is 8.66. The van der Waals surface area contributed by atoms with Crippen LogP contribution < -0.4 is 5.73 Å². The minimum absolute atomic E-state index is 0.0568. The van der Waals surface area contributed by atoms with Gasteiger partial charge in [-0.2, -0.15) is 0 Å². The molecule has 3 rings (SSSR count). The third-order valence-corrected chi connectivity index (χ3v) is 4.28. The van der Waals surface area contributed by atoms with E-state index in [-0.39, 0.29) is 6.42 Å². The lowest BCUT2D eigenvalue weighted by atomic mass is 10.2. The van der Waals surface area contributed by atoms with Gasteiger partial charge in [-0.05, 0) is 24.7 Å². The van der Waals surface area contributed by atoms with Gasteiger partial charge in [0.15, 0.2) is 0 Å². The number of nitrogens with two attached hydrogens (primary N) is 1. The van der Waals surface area contributed by atoms with Crippen LogP contribution in [0, 0.1) is 0 Å². The number of likely N-dealkylation sites (N-methyl/N-ethyl adjacent to an activating group) is 1. The molecule has 1 amide bonds. The van der Waals surface area contributed by atoms with Crippen LogP contribution in [0.2, 0.25) is 0 Å². The first-order chi connectivity index (χ1) is 12.5. The molecule has 2 aromatic carbocycles. The van der Waals surface area contributed by atoms with Crippen molar-refractivity contribution in [2.75, 3.05) is 13.6 Å². The minimum Gasteiger partial charge on any atom is -0.390 e. The maximum absolute atomic E-state index is 11.4. The molecule has 0 radical (unpaired) electrons. The highest BCUT2D eigenvalue weighted by Gasteiger charge is 2.16. The van der Waals surface area contributed by atoms with Gasteiger partial charge >= 0.3 is 0 Å². The predicted molar refractivity (Wildman–Crippen MR) is 101 cm³/mol. The van der Waals surface area contributed by atoms with Crippen LogP contribution in [0.4, 0.5) is 0 Å². The summed E-state index contributed by atoms with van der Waals surface area (Å²) < 4.78 is 1.89. The number of rotatable bonds is 8. The van der Waals surface area contributed by atoms with Crippen molar-refractivity contribution in [3.05, 3.63) is 66.0 Å². The third kappa shape index (κ3) is 4.47. The van der Waals surface area contributed by atoms with E-state index in [4.69, 9.17) is 5.73 Å². The molecule has 136 valence electrons. The summed E-state index contributed by atoms with van der Waals surface area (Å²) in [6.07, 6.45) is -0.533. The van der Waals surface area contributed by atoms with Crippen molar-refractivity contribution in [2.45, 2.75) is 25.6 Å². The number of benzene rings is 2. The number of aliphatic hydroxyl groups is 1. The fourth-order valence-electron chi connectivity index (χ4n) is 3.21. The van der Waals surface area contributed by atoms with Crippen molar-refractivity contribution in [1.29, 1.82) is 0 Å². The molecular weight excluding hydrogens is 328 g/mol. The Morgan fingerprint density at radius 1 is 1.19 bits per heavy atom. The Kier molecular flexibility index (Phi) is 5.65. The molecule has 0 saturated heterocycles. The van der Waals surface area contributed by atoms with Gasteiger partial charge in [0.05, 0.1) is 30.1 Å². The summed E-state index contributed by atoms with van der Waals surface area (Å²) in [5.74, 6) is 0.153. The standard InChI is InChI=1S/C20H24N4O2/c1-23(12-15-7-3-2-4-8-15)13-16(25)14-24-18-10-6-5-9-17(18)22-20(24)11-19(21)26/h2-10,16,25H,11-14H2,1H3,(H2,21,26). The third-order valence-electron chi connectivity index (χ3n) is 4.28. The Bertz CT molecular complexity index is 876. The van der Waals surface area contributed by atoms with E-state index in [1.807, 2.05) is 54.1 Å². The molecule has 0 spiro atoms. The molecule has 3 N–H and O–H groups in total. The number of hydrogen-bond donors (Lipinski definition) is 2. The summed E-state index contributed by atoms with van der Waals surface area (Å²) in [7, 11) is 1.98. The molecule has 1 aromatic heterocycles. The number of primary amides is 1. The molecule has 0 aliphatic carbocycles. The van der Waals surface area contributed by atoms with Crippen LogP contribution in [0.25, 0.3) is 11.0 Å². The Balaban J connectivity index is 1.72. The zero-order chi connectivity index (χ0) is 18.5. The van der Waals surface area contributed by atoms with Crippen LogP contribution in [-0.2, 0) is 24.3 Å². The van der Waals surface area contributed by atoms with E-state index in [2.05, 4.69) is 22.0 Å². The van der Waals surface area contributed by atoms with Crippen LogP contribution >= 0.6 is 0 Å². The maximum atomic E-state index is 11.4. The van der Waals surface area contributed by atoms with Crippen molar-refractivity contribution in [3.63, 3.8) is 0 Å². The number of hydrogen-bond acceptors (Lipinski definition) is 4. The van der Waals surface area contributed by atoms with E-state index < -0.39 is 12.0 Å². The maximum Gasteiger partial charge on any atom is 0.225 e. The molecule has 0 saturated carbocycles. The van der Waals surface area contributed by atoms with Crippen molar-refractivity contribution in [2.24, 2.45) is 5.73 Å². The zero-order valence-corrected chi connectivity index (χ0v) is 14.9. The highest BCUT2D eigenvalue weighted by Crippen LogP contribution is 2.17. The number of aromatic nitrogens is 2. The zero-order valence-electron chi connectivity index (χ0n) is 14.9. The first kappa shape index (κ1) is 18.1. The molecule has 1 unspecified atom stereocenters. The molecule has 6 nitrogen and oxygen atoms in total. The monoisotopic (exact) mass is 352 g/mol. The van der Waals surface area contributed by atoms with Crippen molar-refractivity contribution >= 4 is 16.9 Å². The lowest BCUT2D eigenvalue weighted by Crippen LogP contribution is -2.32. The van der Waals surface area contributed by atoms with Gasteiger partial charge in [-0.25, -0.2) is 4.98 Å². The average molecular weight is 352 g/mol. The van der Waals surface area contributed by atoms with Gasteiger partial charge in [-0.3, -0.25) is 9.69 Å². The average Bonchev–Trinajstić information content (AvgIpc) is 2.92. The van der Waals surface area contributed by atoms with Gasteiger partial charge in [0.1, 0.15) is 5.82 Å². The van der Waals surface area contributed by atoms with Crippen LogP contribution in [-0.4, -0.2) is 45.2 Å². The first-order valence-electron chi connectivity index (χ1n) is 8.66. The highest BCUT2D eigenvalue weighted by molar-refractivity contribution is 5.80. The van der Waals surface area contributed by atoms with Crippen molar-refractivity contribution in [1.82, 2.24) is 14.5 Å². The second-order valence-corrected chi connectivity index (χ2v) is 6.61. The Labute approximate surface area is 152 Å². The largest absolute Gasteiger partial charge is 0.390 e. The number of carbonyl (C=O) groups excluding carboxylic acids is 1. The van der Waals surface area contributed by atoms with E-state index >= 15 is 0 Å². The van der Waals surface area contributed by atoms with Crippen LogP contribution in [0.5, 0.6) is 0 Å². The summed E-state index contributed by atoms with van der Waals surface area (Å²) >= 11 is 0. The summed E-state index contributed by atoms with van der Waals surface area (Å²) in [5, 5.41) is 10.6. The number of fused-ring (bicyclic) bond motifs is 1. The Hall–Kier alpha value is -2.70. The lowest BCUT2D eigenvalue weighted by molar-refractivity contribution is -0.117. The second kappa shape index (κ2) is 8.12. The summed E-state index contributed by atoms with van der Waals surface area (Å²) in [6, 6.07) is 17.8. The quantitative estimate of drug-likeness (QED) is 0.644. The summed E-state index contributed by atoms with van der Waals surface area (Å²) in [6.45, 7) is 1.64. The Morgan fingerprint density at radius 2 is 1.88 bits per heavy atom. The van der Waals surface area contributed by atoms with Crippen LogP contribution in [0.15, 0.2) is 54.6 Å². The molecule has 0 bridgehead atoms. The number of nitrogens with zero attached hydrogens (tertiary/aromatic N) is 3. The smallest absolute Gasteiger partial charge is 0.225 e.